The van der Waals surface area contributed by atoms with E-state index in [9.17, 15) is 0 Å². The fourth-order valence-corrected chi connectivity index (χ4v) is 3.34. The van der Waals surface area contributed by atoms with Gasteiger partial charge in [0.25, 0.3) is 0 Å². The van der Waals surface area contributed by atoms with Crippen LogP contribution in [0.4, 0.5) is 5.69 Å². The molecule has 2 aromatic carbocycles. The van der Waals surface area contributed by atoms with Crippen molar-refractivity contribution in [3.63, 3.8) is 0 Å². The first-order valence-electron chi connectivity index (χ1n) is 8.03. The van der Waals surface area contributed by atoms with Crippen molar-refractivity contribution in [1.29, 1.82) is 0 Å². The maximum absolute atomic E-state index is 5.95. The van der Waals surface area contributed by atoms with Gasteiger partial charge >= 0.3 is 0 Å². The molecule has 0 bridgehead atoms. The molecule has 0 spiro atoms. The summed E-state index contributed by atoms with van der Waals surface area (Å²) in [5, 5.41) is 0. The Morgan fingerprint density at radius 2 is 1.87 bits per heavy atom. The number of fused-ring (bicyclic) bond motifs is 2. The predicted molar refractivity (Wildman–Crippen MR) is 98.8 cm³/mol. The minimum Gasteiger partial charge on any atom is -0.399 e. The highest BCUT2D eigenvalue weighted by Gasteiger charge is 2.19. The topological polar surface area (TPSA) is 26.0 Å². The summed E-state index contributed by atoms with van der Waals surface area (Å²) in [6.07, 6.45) is 13.2. The Morgan fingerprint density at radius 3 is 2.78 bits per heavy atom. The molecule has 0 saturated heterocycles. The smallest absolute Gasteiger partial charge is 0.0319 e. The van der Waals surface area contributed by atoms with Gasteiger partial charge in [0.05, 0.1) is 0 Å². The minimum atomic E-state index is 0.801. The molecule has 0 fully saturated rings. The standard InChI is InChI=1S/C22H19N/c23-19-9-5-6-16(14-19)15-22-20-10-3-1-7-17(20)12-13-18-8-2-4-11-21(18)22/h1-7,9-11,13-15H,8,12,23H2. The number of benzene rings is 2. The number of hydrogen-bond acceptors (Lipinski definition) is 1. The van der Waals surface area contributed by atoms with Crippen molar-refractivity contribution in [2.75, 3.05) is 5.73 Å². The summed E-state index contributed by atoms with van der Waals surface area (Å²) in [5.74, 6) is 0. The van der Waals surface area contributed by atoms with Gasteiger partial charge in [-0.15, -0.1) is 0 Å². The number of nitrogens with two attached hydrogens (primary N) is 1. The number of rotatable bonds is 1. The molecule has 0 saturated carbocycles. The van der Waals surface area contributed by atoms with Crippen LogP contribution in [-0.2, 0) is 6.42 Å². The van der Waals surface area contributed by atoms with E-state index in [2.05, 4.69) is 60.7 Å². The van der Waals surface area contributed by atoms with Crippen LogP contribution >= 0.6 is 0 Å². The summed E-state index contributed by atoms with van der Waals surface area (Å²) in [6, 6.07) is 16.8. The number of hydrogen-bond donors (Lipinski definition) is 1. The van der Waals surface area contributed by atoms with E-state index in [1.165, 1.54) is 27.8 Å². The Labute approximate surface area is 137 Å². The van der Waals surface area contributed by atoms with E-state index in [0.717, 1.165) is 24.1 Å². The summed E-state index contributed by atoms with van der Waals surface area (Å²) in [4.78, 5) is 0. The van der Waals surface area contributed by atoms with Crippen LogP contribution in [0.15, 0.2) is 84.0 Å². The van der Waals surface area contributed by atoms with Crippen molar-refractivity contribution in [2.24, 2.45) is 0 Å². The molecule has 4 rings (SSSR count). The Kier molecular flexibility index (Phi) is 3.47. The molecule has 0 aliphatic heterocycles. The first-order valence-corrected chi connectivity index (χ1v) is 8.03. The molecule has 2 aliphatic rings. The molecule has 0 aromatic heterocycles. The third-order valence-electron chi connectivity index (χ3n) is 4.47. The zero-order valence-electron chi connectivity index (χ0n) is 13.0. The molecule has 2 N–H and O–H groups in total. The molecule has 2 aliphatic carbocycles. The summed E-state index contributed by atoms with van der Waals surface area (Å²) in [5.41, 5.74) is 14.6. The third-order valence-corrected chi connectivity index (χ3v) is 4.47. The second-order valence-electron chi connectivity index (χ2n) is 6.03. The second kappa shape index (κ2) is 5.77. The molecule has 112 valence electrons. The second-order valence-corrected chi connectivity index (χ2v) is 6.03. The average molecular weight is 297 g/mol. The molecule has 0 unspecified atom stereocenters. The lowest BCUT2D eigenvalue weighted by molar-refractivity contribution is 1.18. The van der Waals surface area contributed by atoms with E-state index in [4.69, 9.17) is 5.73 Å². The Morgan fingerprint density at radius 1 is 0.957 bits per heavy atom. The highest BCUT2D eigenvalue weighted by Crippen LogP contribution is 2.38. The lowest BCUT2D eigenvalue weighted by Gasteiger charge is -2.17. The van der Waals surface area contributed by atoms with Gasteiger partial charge in [-0.3, -0.25) is 0 Å². The van der Waals surface area contributed by atoms with Gasteiger partial charge in [-0.05, 0) is 64.5 Å². The normalized spacial score (nSPS) is 17.8. The van der Waals surface area contributed by atoms with Crippen LogP contribution in [0.5, 0.6) is 0 Å². The molecule has 0 amide bonds. The molecule has 1 nitrogen and oxygen atoms in total. The van der Waals surface area contributed by atoms with Crippen LogP contribution in [0.25, 0.3) is 11.6 Å². The van der Waals surface area contributed by atoms with E-state index < -0.39 is 0 Å². The lowest BCUT2D eigenvalue weighted by Crippen LogP contribution is -1.96. The van der Waals surface area contributed by atoms with Gasteiger partial charge in [-0.1, -0.05) is 60.7 Å². The molecular weight excluding hydrogens is 278 g/mol. The number of allylic oxidation sites excluding steroid dienone is 7. The van der Waals surface area contributed by atoms with E-state index >= 15 is 0 Å². The number of nitrogen functional groups attached to an aromatic ring is 1. The minimum absolute atomic E-state index is 0.801. The molecule has 0 atom stereocenters. The summed E-state index contributed by atoms with van der Waals surface area (Å²) >= 11 is 0. The predicted octanol–water partition coefficient (Wildman–Crippen LogP) is 5.18. The van der Waals surface area contributed by atoms with E-state index in [-0.39, 0.29) is 0 Å². The van der Waals surface area contributed by atoms with Crippen LogP contribution in [0.2, 0.25) is 0 Å². The Hall–Kier alpha value is -2.80. The van der Waals surface area contributed by atoms with Crippen molar-refractivity contribution >= 4 is 17.3 Å². The average Bonchev–Trinajstić information content (AvgIpc) is 2.73. The Bertz CT molecular complexity index is 878. The van der Waals surface area contributed by atoms with E-state index in [1.807, 2.05) is 18.2 Å². The fraction of sp³-hybridized carbons (Fsp3) is 0.0909. The molecule has 1 heteroatoms. The molecule has 0 heterocycles. The first kappa shape index (κ1) is 13.8. The first-order chi connectivity index (χ1) is 11.3. The maximum atomic E-state index is 5.95. The lowest BCUT2D eigenvalue weighted by atomic mass is 9.87. The zero-order chi connectivity index (χ0) is 15.6. The van der Waals surface area contributed by atoms with Crippen LogP contribution < -0.4 is 5.73 Å². The van der Waals surface area contributed by atoms with E-state index in [1.54, 1.807) is 0 Å². The van der Waals surface area contributed by atoms with Gasteiger partial charge < -0.3 is 5.73 Å². The van der Waals surface area contributed by atoms with Gasteiger partial charge in [0, 0.05) is 5.69 Å². The zero-order valence-corrected chi connectivity index (χ0v) is 13.0. The van der Waals surface area contributed by atoms with Crippen molar-refractivity contribution in [3.05, 3.63) is 101 Å². The molecular formula is C22H19N. The quantitative estimate of drug-likeness (QED) is 0.721. The Balaban J connectivity index is 1.94. The van der Waals surface area contributed by atoms with E-state index in [0.29, 0.717) is 0 Å². The molecule has 2 aromatic rings. The van der Waals surface area contributed by atoms with Gasteiger partial charge in [0.15, 0.2) is 0 Å². The summed E-state index contributed by atoms with van der Waals surface area (Å²) in [7, 11) is 0. The highest BCUT2D eigenvalue weighted by molar-refractivity contribution is 5.96. The van der Waals surface area contributed by atoms with Crippen LogP contribution in [0.1, 0.15) is 23.1 Å². The van der Waals surface area contributed by atoms with Crippen LogP contribution in [-0.4, -0.2) is 0 Å². The van der Waals surface area contributed by atoms with Crippen LogP contribution in [0.3, 0.4) is 0 Å². The molecule has 0 radical (unpaired) electrons. The third kappa shape index (κ3) is 2.66. The largest absolute Gasteiger partial charge is 0.399 e. The SMILES string of the molecule is Nc1cccc(C=C2C3=CC=CCC3=CCc3ccccc32)c1. The summed E-state index contributed by atoms with van der Waals surface area (Å²) < 4.78 is 0. The van der Waals surface area contributed by atoms with Gasteiger partial charge in [0.1, 0.15) is 0 Å². The van der Waals surface area contributed by atoms with Crippen molar-refractivity contribution in [1.82, 2.24) is 0 Å². The van der Waals surface area contributed by atoms with Crippen molar-refractivity contribution in [2.45, 2.75) is 12.8 Å². The monoisotopic (exact) mass is 297 g/mol. The fourth-order valence-electron chi connectivity index (χ4n) is 3.34. The maximum Gasteiger partial charge on any atom is 0.0319 e. The molecule has 23 heavy (non-hydrogen) atoms. The van der Waals surface area contributed by atoms with Gasteiger partial charge in [-0.2, -0.15) is 0 Å². The van der Waals surface area contributed by atoms with Crippen molar-refractivity contribution < 1.29 is 0 Å². The van der Waals surface area contributed by atoms with Crippen LogP contribution in [0, 0.1) is 0 Å². The highest BCUT2D eigenvalue weighted by atomic mass is 14.5. The van der Waals surface area contributed by atoms with Crippen molar-refractivity contribution in [3.8, 4) is 0 Å². The van der Waals surface area contributed by atoms with Gasteiger partial charge in [0.2, 0.25) is 0 Å². The number of anilines is 1. The van der Waals surface area contributed by atoms with Gasteiger partial charge in [-0.25, -0.2) is 0 Å². The summed E-state index contributed by atoms with van der Waals surface area (Å²) in [6.45, 7) is 0.